The molecule has 7 heteroatoms. The van der Waals surface area contributed by atoms with Gasteiger partial charge in [0.15, 0.2) is 11.5 Å². The monoisotopic (exact) mass is 346 g/mol. The SMILES string of the molecule is Nc1nc2ccccc2nc1C(=O)NCc1c(Cl)cccc1Cl. The summed E-state index contributed by atoms with van der Waals surface area (Å²) in [7, 11) is 0. The summed E-state index contributed by atoms with van der Waals surface area (Å²) in [5.41, 5.74) is 7.78. The normalized spacial score (nSPS) is 10.7. The molecule has 1 heterocycles. The van der Waals surface area contributed by atoms with E-state index in [9.17, 15) is 4.79 Å². The van der Waals surface area contributed by atoms with Crippen LogP contribution in [0, 0.1) is 0 Å². The van der Waals surface area contributed by atoms with Crippen molar-refractivity contribution in [1.29, 1.82) is 0 Å². The number of amides is 1. The zero-order valence-corrected chi connectivity index (χ0v) is 13.4. The number of hydrogen-bond acceptors (Lipinski definition) is 4. The van der Waals surface area contributed by atoms with Crippen molar-refractivity contribution in [3.8, 4) is 0 Å². The zero-order valence-electron chi connectivity index (χ0n) is 11.9. The predicted octanol–water partition coefficient (Wildman–Crippen LogP) is 3.45. The Morgan fingerprint density at radius 2 is 1.61 bits per heavy atom. The minimum atomic E-state index is -0.434. The van der Waals surface area contributed by atoms with Crippen LogP contribution in [-0.4, -0.2) is 15.9 Å². The minimum absolute atomic E-state index is 0.0754. The Hall–Kier alpha value is -2.37. The average molecular weight is 347 g/mol. The van der Waals surface area contributed by atoms with Crippen molar-refractivity contribution < 1.29 is 4.79 Å². The first-order valence-electron chi connectivity index (χ1n) is 6.79. The van der Waals surface area contributed by atoms with Crippen LogP contribution in [0.25, 0.3) is 11.0 Å². The summed E-state index contributed by atoms with van der Waals surface area (Å²) in [6, 6.07) is 12.3. The highest BCUT2D eigenvalue weighted by molar-refractivity contribution is 6.36. The molecule has 0 aliphatic heterocycles. The number of fused-ring (bicyclic) bond motifs is 1. The molecule has 3 N–H and O–H groups in total. The minimum Gasteiger partial charge on any atom is -0.382 e. The Balaban J connectivity index is 1.85. The molecular weight excluding hydrogens is 335 g/mol. The van der Waals surface area contributed by atoms with Crippen molar-refractivity contribution >= 4 is 46.0 Å². The number of hydrogen-bond donors (Lipinski definition) is 2. The van der Waals surface area contributed by atoms with Crippen LogP contribution in [0.5, 0.6) is 0 Å². The summed E-state index contributed by atoms with van der Waals surface area (Å²) in [4.78, 5) is 20.8. The number of rotatable bonds is 3. The van der Waals surface area contributed by atoms with E-state index in [1.54, 1.807) is 30.3 Å². The molecule has 2 aromatic carbocycles. The van der Waals surface area contributed by atoms with E-state index in [1.165, 1.54) is 0 Å². The van der Waals surface area contributed by atoms with Crippen LogP contribution < -0.4 is 11.1 Å². The van der Waals surface area contributed by atoms with Gasteiger partial charge in [-0.1, -0.05) is 41.4 Å². The second kappa shape index (κ2) is 6.40. The number of nitrogens with zero attached hydrogens (tertiary/aromatic N) is 2. The quantitative estimate of drug-likeness (QED) is 0.760. The molecule has 3 aromatic rings. The number of halogens is 2. The van der Waals surface area contributed by atoms with Crippen molar-refractivity contribution in [2.45, 2.75) is 6.54 Å². The Labute approximate surface area is 142 Å². The predicted molar refractivity (Wildman–Crippen MR) is 91.6 cm³/mol. The summed E-state index contributed by atoms with van der Waals surface area (Å²) in [6.07, 6.45) is 0. The van der Waals surface area contributed by atoms with Gasteiger partial charge in [0.05, 0.1) is 11.0 Å². The lowest BCUT2D eigenvalue weighted by Gasteiger charge is -2.10. The van der Waals surface area contributed by atoms with Crippen LogP contribution in [-0.2, 0) is 6.54 Å². The molecule has 23 heavy (non-hydrogen) atoms. The summed E-state index contributed by atoms with van der Waals surface area (Å²) in [5.74, 6) is -0.358. The van der Waals surface area contributed by atoms with Crippen molar-refractivity contribution in [2.75, 3.05) is 5.73 Å². The molecule has 0 fully saturated rings. The number of carbonyl (C=O) groups excluding carboxylic acids is 1. The number of carbonyl (C=O) groups is 1. The van der Waals surface area contributed by atoms with E-state index in [-0.39, 0.29) is 18.1 Å². The maximum Gasteiger partial charge on any atom is 0.274 e. The van der Waals surface area contributed by atoms with Gasteiger partial charge in [-0.2, -0.15) is 0 Å². The number of nitrogen functional groups attached to an aromatic ring is 1. The van der Waals surface area contributed by atoms with Gasteiger partial charge in [0.1, 0.15) is 0 Å². The highest BCUT2D eigenvalue weighted by Crippen LogP contribution is 2.24. The van der Waals surface area contributed by atoms with Gasteiger partial charge in [-0.25, -0.2) is 9.97 Å². The van der Waals surface area contributed by atoms with Crippen molar-refractivity contribution in [3.63, 3.8) is 0 Å². The first-order valence-corrected chi connectivity index (χ1v) is 7.55. The second-order valence-electron chi connectivity index (χ2n) is 4.83. The first-order chi connectivity index (χ1) is 11.1. The van der Waals surface area contributed by atoms with E-state index in [0.717, 1.165) is 0 Å². The Bertz CT molecular complexity index is 878. The number of benzene rings is 2. The van der Waals surface area contributed by atoms with Crippen molar-refractivity contribution in [1.82, 2.24) is 15.3 Å². The topological polar surface area (TPSA) is 80.9 Å². The van der Waals surface area contributed by atoms with Crippen LogP contribution in [0.3, 0.4) is 0 Å². The molecule has 5 nitrogen and oxygen atoms in total. The van der Waals surface area contributed by atoms with Gasteiger partial charge in [-0.15, -0.1) is 0 Å². The van der Waals surface area contributed by atoms with Gasteiger partial charge in [-0.3, -0.25) is 4.79 Å². The van der Waals surface area contributed by atoms with Gasteiger partial charge in [-0.05, 0) is 24.3 Å². The zero-order chi connectivity index (χ0) is 16.4. The molecule has 3 rings (SSSR count). The van der Waals surface area contributed by atoms with Crippen LogP contribution >= 0.6 is 23.2 Å². The first kappa shape index (κ1) is 15.5. The van der Waals surface area contributed by atoms with E-state index in [1.807, 2.05) is 12.1 Å². The Morgan fingerprint density at radius 3 is 2.26 bits per heavy atom. The van der Waals surface area contributed by atoms with Gasteiger partial charge in [0.25, 0.3) is 5.91 Å². The lowest BCUT2D eigenvalue weighted by molar-refractivity contribution is 0.0947. The Kier molecular flexibility index (Phi) is 4.32. The van der Waals surface area contributed by atoms with E-state index < -0.39 is 5.91 Å². The number of nitrogens with two attached hydrogens (primary N) is 1. The number of para-hydroxylation sites is 2. The molecule has 0 radical (unpaired) electrons. The number of nitrogens with one attached hydrogen (secondary N) is 1. The lowest BCUT2D eigenvalue weighted by Crippen LogP contribution is -2.25. The average Bonchev–Trinajstić information content (AvgIpc) is 2.53. The third-order valence-electron chi connectivity index (χ3n) is 3.30. The van der Waals surface area contributed by atoms with Crippen molar-refractivity contribution in [3.05, 3.63) is 63.8 Å². The third-order valence-corrected chi connectivity index (χ3v) is 4.01. The van der Waals surface area contributed by atoms with Gasteiger partial charge in [0, 0.05) is 22.2 Å². The molecule has 0 saturated carbocycles. The van der Waals surface area contributed by atoms with E-state index >= 15 is 0 Å². The summed E-state index contributed by atoms with van der Waals surface area (Å²) < 4.78 is 0. The summed E-state index contributed by atoms with van der Waals surface area (Å²) >= 11 is 12.2. The van der Waals surface area contributed by atoms with E-state index in [0.29, 0.717) is 26.6 Å². The van der Waals surface area contributed by atoms with Crippen molar-refractivity contribution in [2.24, 2.45) is 0 Å². The molecule has 0 atom stereocenters. The summed E-state index contributed by atoms with van der Waals surface area (Å²) in [5, 5.41) is 3.68. The third kappa shape index (κ3) is 3.21. The molecule has 1 aromatic heterocycles. The standard InChI is InChI=1S/C16H12Cl2N4O/c17-10-4-3-5-11(18)9(10)8-20-16(23)14-15(19)22-13-7-2-1-6-12(13)21-14/h1-7H,8H2,(H2,19,22)(H,20,23). The van der Waals surface area contributed by atoms with Crippen LogP contribution in [0.4, 0.5) is 5.82 Å². The fraction of sp³-hybridized carbons (Fsp3) is 0.0625. The largest absolute Gasteiger partial charge is 0.382 e. The van der Waals surface area contributed by atoms with Gasteiger partial charge in [0.2, 0.25) is 0 Å². The fourth-order valence-electron chi connectivity index (χ4n) is 2.13. The maximum atomic E-state index is 12.3. The van der Waals surface area contributed by atoms with Crippen LogP contribution in [0.1, 0.15) is 16.1 Å². The lowest BCUT2D eigenvalue weighted by atomic mass is 10.2. The molecule has 0 aliphatic rings. The highest BCUT2D eigenvalue weighted by Gasteiger charge is 2.15. The van der Waals surface area contributed by atoms with E-state index in [4.69, 9.17) is 28.9 Å². The van der Waals surface area contributed by atoms with Crippen LogP contribution in [0.2, 0.25) is 10.0 Å². The molecule has 0 unspecified atom stereocenters. The van der Waals surface area contributed by atoms with Crippen LogP contribution in [0.15, 0.2) is 42.5 Å². The number of aromatic nitrogens is 2. The van der Waals surface area contributed by atoms with E-state index in [2.05, 4.69) is 15.3 Å². The molecule has 0 bridgehead atoms. The molecule has 116 valence electrons. The smallest absolute Gasteiger partial charge is 0.274 e. The van der Waals surface area contributed by atoms with Gasteiger partial charge < -0.3 is 11.1 Å². The molecule has 0 saturated heterocycles. The molecule has 0 spiro atoms. The molecular formula is C16H12Cl2N4O. The second-order valence-corrected chi connectivity index (χ2v) is 5.64. The Morgan fingerprint density at radius 1 is 1.00 bits per heavy atom. The molecule has 0 aliphatic carbocycles. The highest BCUT2D eigenvalue weighted by atomic mass is 35.5. The van der Waals surface area contributed by atoms with Gasteiger partial charge >= 0.3 is 0 Å². The summed E-state index contributed by atoms with van der Waals surface area (Å²) in [6.45, 7) is 0.172. The molecule has 1 amide bonds. The fourth-order valence-corrected chi connectivity index (χ4v) is 2.67. The maximum absolute atomic E-state index is 12.3. The number of anilines is 1.